The molecule has 3 aromatic carbocycles. The highest BCUT2D eigenvalue weighted by Gasteiger charge is 2.35. The maximum absolute atomic E-state index is 15.3. The third-order valence-electron chi connectivity index (χ3n) is 4.98. The lowest BCUT2D eigenvalue weighted by Gasteiger charge is -2.32. The standard InChI is InChI=1S/C24H22FNO/c1-24(2,3)26-21-13-12-17(14-18(21)15-22(26)27)20-11-7-10-19(23(20)25)16-8-5-4-6-9-16/h4-14H,15H2,1-3H3. The van der Waals surface area contributed by atoms with E-state index in [-0.39, 0.29) is 17.3 Å². The van der Waals surface area contributed by atoms with Crippen molar-refractivity contribution in [3.63, 3.8) is 0 Å². The zero-order valence-corrected chi connectivity index (χ0v) is 15.8. The van der Waals surface area contributed by atoms with Crippen LogP contribution >= 0.6 is 0 Å². The molecule has 1 aliphatic heterocycles. The largest absolute Gasteiger partial charge is 0.307 e. The van der Waals surface area contributed by atoms with Crippen LogP contribution in [0.3, 0.4) is 0 Å². The van der Waals surface area contributed by atoms with Crippen LogP contribution in [0.15, 0.2) is 66.7 Å². The average molecular weight is 359 g/mol. The molecule has 1 amide bonds. The van der Waals surface area contributed by atoms with Gasteiger partial charge in [0.25, 0.3) is 0 Å². The summed E-state index contributed by atoms with van der Waals surface area (Å²) in [6.45, 7) is 6.07. The van der Waals surface area contributed by atoms with Gasteiger partial charge in [-0.3, -0.25) is 4.79 Å². The summed E-state index contributed by atoms with van der Waals surface area (Å²) in [5.74, 6) is -0.145. The lowest BCUT2D eigenvalue weighted by Crippen LogP contribution is -2.43. The highest BCUT2D eigenvalue weighted by Crippen LogP contribution is 2.38. The Morgan fingerprint density at radius 2 is 1.52 bits per heavy atom. The maximum Gasteiger partial charge on any atom is 0.231 e. The van der Waals surface area contributed by atoms with Crippen molar-refractivity contribution in [2.24, 2.45) is 0 Å². The molecule has 0 aliphatic carbocycles. The van der Waals surface area contributed by atoms with Gasteiger partial charge in [0.15, 0.2) is 0 Å². The molecule has 4 rings (SSSR count). The Morgan fingerprint density at radius 3 is 2.19 bits per heavy atom. The van der Waals surface area contributed by atoms with Crippen LogP contribution < -0.4 is 4.90 Å². The Kier molecular flexibility index (Phi) is 4.11. The summed E-state index contributed by atoms with van der Waals surface area (Å²) >= 11 is 0. The van der Waals surface area contributed by atoms with Gasteiger partial charge in [0.2, 0.25) is 5.91 Å². The van der Waals surface area contributed by atoms with E-state index < -0.39 is 0 Å². The quantitative estimate of drug-likeness (QED) is 0.562. The molecule has 0 radical (unpaired) electrons. The van der Waals surface area contributed by atoms with E-state index in [0.717, 1.165) is 22.4 Å². The van der Waals surface area contributed by atoms with Gasteiger partial charge >= 0.3 is 0 Å². The minimum atomic E-state index is -0.275. The van der Waals surface area contributed by atoms with Crippen molar-refractivity contribution in [1.82, 2.24) is 0 Å². The molecule has 1 aliphatic rings. The van der Waals surface area contributed by atoms with Crippen molar-refractivity contribution < 1.29 is 9.18 Å². The molecule has 0 N–H and O–H groups in total. The van der Waals surface area contributed by atoms with Crippen molar-refractivity contribution >= 4 is 11.6 Å². The van der Waals surface area contributed by atoms with Crippen molar-refractivity contribution in [3.05, 3.63) is 78.1 Å². The molecule has 0 unspecified atom stereocenters. The molecule has 3 heteroatoms. The number of anilines is 1. The van der Waals surface area contributed by atoms with Gasteiger partial charge in [0.1, 0.15) is 5.82 Å². The highest BCUT2D eigenvalue weighted by atomic mass is 19.1. The van der Waals surface area contributed by atoms with Crippen LogP contribution in [-0.4, -0.2) is 11.4 Å². The Hall–Kier alpha value is -2.94. The van der Waals surface area contributed by atoms with Crippen molar-refractivity contribution in [1.29, 1.82) is 0 Å². The topological polar surface area (TPSA) is 20.3 Å². The normalized spacial score (nSPS) is 13.8. The molecule has 136 valence electrons. The zero-order chi connectivity index (χ0) is 19.2. The van der Waals surface area contributed by atoms with Crippen LogP contribution in [0.1, 0.15) is 26.3 Å². The van der Waals surface area contributed by atoms with Crippen molar-refractivity contribution in [2.75, 3.05) is 4.90 Å². The van der Waals surface area contributed by atoms with Crippen LogP contribution in [0.25, 0.3) is 22.3 Å². The number of hydrogen-bond donors (Lipinski definition) is 0. The first-order chi connectivity index (χ1) is 12.9. The van der Waals surface area contributed by atoms with E-state index in [9.17, 15) is 4.79 Å². The summed E-state index contributed by atoms with van der Waals surface area (Å²) in [4.78, 5) is 14.3. The summed E-state index contributed by atoms with van der Waals surface area (Å²) in [5, 5.41) is 0. The van der Waals surface area contributed by atoms with Crippen LogP contribution in [0.4, 0.5) is 10.1 Å². The van der Waals surface area contributed by atoms with Crippen LogP contribution in [0.2, 0.25) is 0 Å². The SMILES string of the molecule is CC(C)(C)N1C(=O)Cc2cc(-c3cccc(-c4ccccc4)c3F)ccc21. The molecule has 2 nitrogen and oxygen atoms in total. The molecule has 1 heterocycles. The number of nitrogens with zero attached hydrogens (tertiary/aromatic N) is 1. The van der Waals surface area contributed by atoms with Gasteiger partial charge in [-0.25, -0.2) is 4.39 Å². The summed E-state index contributed by atoms with van der Waals surface area (Å²) in [5.41, 5.74) is 4.40. The van der Waals surface area contributed by atoms with E-state index in [1.165, 1.54) is 0 Å². The van der Waals surface area contributed by atoms with Gasteiger partial charge in [-0.05, 0) is 49.6 Å². The first-order valence-electron chi connectivity index (χ1n) is 9.16. The molecule has 0 aromatic heterocycles. The molecule has 0 spiro atoms. The fraction of sp³-hybridized carbons (Fsp3) is 0.208. The Morgan fingerprint density at radius 1 is 0.852 bits per heavy atom. The number of fused-ring (bicyclic) bond motifs is 1. The lowest BCUT2D eigenvalue weighted by molar-refractivity contribution is -0.118. The van der Waals surface area contributed by atoms with E-state index in [0.29, 0.717) is 17.5 Å². The molecule has 27 heavy (non-hydrogen) atoms. The van der Waals surface area contributed by atoms with Crippen LogP contribution in [0.5, 0.6) is 0 Å². The second kappa shape index (κ2) is 6.34. The molecule has 0 saturated heterocycles. The molecular weight excluding hydrogens is 337 g/mol. The third kappa shape index (κ3) is 3.03. The molecule has 0 saturated carbocycles. The number of hydrogen-bond acceptors (Lipinski definition) is 1. The smallest absolute Gasteiger partial charge is 0.231 e. The fourth-order valence-corrected chi connectivity index (χ4v) is 3.82. The third-order valence-corrected chi connectivity index (χ3v) is 4.98. The van der Waals surface area contributed by atoms with Crippen LogP contribution in [0, 0.1) is 5.82 Å². The molecule has 3 aromatic rings. The molecule has 0 bridgehead atoms. The number of rotatable bonds is 2. The average Bonchev–Trinajstić information content (AvgIpc) is 2.97. The maximum atomic E-state index is 15.3. The summed E-state index contributed by atoms with van der Waals surface area (Å²) in [6, 6.07) is 20.8. The second-order valence-electron chi connectivity index (χ2n) is 7.95. The summed E-state index contributed by atoms with van der Waals surface area (Å²) < 4.78 is 15.3. The summed E-state index contributed by atoms with van der Waals surface area (Å²) in [7, 11) is 0. The first kappa shape index (κ1) is 17.5. The van der Waals surface area contributed by atoms with E-state index in [2.05, 4.69) is 0 Å². The molecular formula is C24H22FNO. The minimum Gasteiger partial charge on any atom is -0.307 e. The lowest BCUT2D eigenvalue weighted by atomic mass is 9.96. The molecule has 0 fully saturated rings. The van der Waals surface area contributed by atoms with Gasteiger partial charge in [-0.2, -0.15) is 0 Å². The van der Waals surface area contributed by atoms with Crippen molar-refractivity contribution in [2.45, 2.75) is 32.7 Å². The second-order valence-corrected chi connectivity index (χ2v) is 7.95. The first-order valence-corrected chi connectivity index (χ1v) is 9.16. The van der Waals surface area contributed by atoms with E-state index >= 15 is 4.39 Å². The number of halogens is 1. The van der Waals surface area contributed by atoms with Gasteiger partial charge < -0.3 is 4.90 Å². The monoisotopic (exact) mass is 359 g/mol. The Bertz CT molecular complexity index is 1020. The minimum absolute atomic E-state index is 0.0909. The van der Waals surface area contributed by atoms with Gasteiger partial charge in [0.05, 0.1) is 6.42 Å². The number of amides is 1. The van der Waals surface area contributed by atoms with Gasteiger partial charge in [0, 0.05) is 22.4 Å². The van der Waals surface area contributed by atoms with E-state index in [4.69, 9.17) is 0 Å². The highest BCUT2D eigenvalue weighted by molar-refractivity contribution is 6.03. The zero-order valence-electron chi connectivity index (χ0n) is 15.8. The van der Waals surface area contributed by atoms with Crippen molar-refractivity contribution in [3.8, 4) is 22.3 Å². The Labute approximate surface area is 159 Å². The van der Waals surface area contributed by atoms with Gasteiger partial charge in [-0.1, -0.05) is 54.6 Å². The predicted molar refractivity (Wildman–Crippen MR) is 108 cm³/mol. The molecule has 0 atom stereocenters. The number of carbonyl (C=O) groups excluding carboxylic acids is 1. The fourth-order valence-electron chi connectivity index (χ4n) is 3.82. The number of benzene rings is 3. The predicted octanol–water partition coefficient (Wildman–Crippen LogP) is 5.85. The Balaban J connectivity index is 1.79. The number of carbonyl (C=O) groups is 1. The van der Waals surface area contributed by atoms with E-state index in [1.807, 2.05) is 80.3 Å². The summed E-state index contributed by atoms with van der Waals surface area (Å²) in [6.07, 6.45) is 0.362. The van der Waals surface area contributed by atoms with Crippen LogP contribution in [-0.2, 0) is 11.2 Å². The van der Waals surface area contributed by atoms with Gasteiger partial charge in [-0.15, -0.1) is 0 Å². The van der Waals surface area contributed by atoms with E-state index in [1.54, 1.807) is 12.1 Å².